The monoisotopic (exact) mass is 243 g/mol. The van der Waals surface area contributed by atoms with E-state index in [1.54, 1.807) is 0 Å². The van der Waals surface area contributed by atoms with Crippen molar-refractivity contribution in [3.8, 4) is 0 Å². The molecule has 0 saturated heterocycles. The van der Waals surface area contributed by atoms with Gasteiger partial charge >= 0.3 is 5.97 Å². The summed E-state index contributed by atoms with van der Waals surface area (Å²) in [6.45, 7) is 2.07. The Bertz CT molecular complexity index is 552. The van der Waals surface area contributed by atoms with E-state index in [1.807, 2.05) is 23.7 Å². The van der Waals surface area contributed by atoms with Crippen LogP contribution in [0.25, 0.3) is 0 Å². The molecule has 94 valence electrons. The highest BCUT2D eigenvalue weighted by Gasteiger charge is 2.08. The van der Waals surface area contributed by atoms with Gasteiger partial charge in [0.1, 0.15) is 0 Å². The second kappa shape index (κ2) is 5.08. The van der Waals surface area contributed by atoms with Gasteiger partial charge in [0, 0.05) is 24.9 Å². The highest BCUT2D eigenvalue weighted by Crippen LogP contribution is 2.14. The molecule has 1 aromatic carbocycles. The van der Waals surface area contributed by atoms with Gasteiger partial charge in [-0.3, -0.25) is 4.79 Å². The molecule has 1 aromatic heterocycles. The molecule has 0 atom stereocenters. The molecule has 2 rings (SSSR count). The molecule has 0 saturated carbocycles. The number of hydrogen-bond acceptors (Lipinski definition) is 1. The van der Waals surface area contributed by atoms with Gasteiger partial charge < -0.3 is 9.67 Å². The molecule has 1 heterocycles. The SMILES string of the molecule is Cc1ccc(Cc2ccc(CC(=O)O)n2C)cc1. The van der Waals surface area contributed by atoms with Gasteiger partial charge in [0.15, 0.2) is 0 Å². The van der Waals surface area contributed by atoms with E-state index in [1.165, 1.54) is 11.1 Å². The Hall–Kier alpha value is -2.03. The number of benzene rings is 1. The summed E-state index contributed by atoms with van der Waals surface area (Å²) in [5, 5.41) is 8.81. The number of aryl methyl sites for hydroxylation is 1. The summed E-state index contributed by atoms with van der Waals surface area (Å²) in [4.78, 5) is 10.7. The number of rotatable bonds is 4. The zero-order valence-corrected chi connectivity index (χ0v) is 10.7. The molecule has 3 heteroatoms. The molecule has 18 heavy (non-hydrogen) atoms. The van der Waals surface area contributed by atoms with Crippen molar-refractivity contribution in [3.05, 3.63) is 58.9 Å². The molecule has 0 spiro atoms. The third kappa shape index (κ3) is 2.80. The van der Waals surface area contributed by atoms with E-state index in [0.717, 1.165) is 17.8 Å². The van der Waals surface area contributed by atoms with Crippen LogP contribution in [0.2, 0.25) is 0 Å². The van der Waals surface area contributed by atoms with E-state index >= 15 is 0 Å². The van der Waals surface area contributed by atoms with Gasteiger partial charge in [0.05, 0.1) is 6.42 Å². The van der Waals surface area contributed by atoms with Crippen LogP contribution in [-0.2, 0) is 24.7 Å². The van der Waals surface area contributed by atoms with E-state index in [-0.39, 0.29) is 6.42 Å². The maximum Gasteiger partial charge on any atom is 0.309 e. The Kier molecular flexibility index (Phi) is 3.51. The minimum atomic E-state index is -0.793. The Morgan fingerprint density at radius 3 is 2.33 bits per heavy atom. The first-order chi connectivity index (χ1) is 8.56. The minimum Gasteiger partial charge on any atom is -0.481 e. The van der Waals surface area contributed by atoms with Crippen molar-refractivity contribution < 1.29 is 9.90 Å². The summed E-state index contributed by atoms with van der Waals surface area (Å²) in [7, 11) is 1.92. The quantitative estimate of drug-likeness (QED) is 0.896. The number of carbonyl (C=O) groups is 1. The molecule has 0 aliphatic rings. The Morgan fingerprint density at radius 2 is 1.72 bits per heavy atom. The van der Waals surface area contributed by atoms with Crippen molar-refractivity contribution in [3.63, 3.8) is 0 Å². The summed E-state index contributed by atoms with van der Waals surface area (Å²) < 4.78 is 1.97. The van der Waals surface area contributed by atoms with Crippen molar-refractivity contribution >= 4 is 5.97 Å². The summed E-state index contributed by atoms with van der Waals surface area (Å²) in [6, 6.07) is 12.3. The zero-order valence-electron chi connectivity index (χ0n) is 10.7. The van der Waals surface area contributed by atoms with Crippen LogP contribution in [0.1, 0.15) is 22.5 Å². The average Bonchev–Trinajstić information content (AvgIpc) is 2.64. The van der Waals surface area contributed by atoms with Gasteiger partial charge in [-0.1, -0.05) is 29.8 Å². The van der Waals surface area contributed by atoms with Crippen molar-refractivity contribution in [1.82, 2.24) is 4.57 Å². The standard InChI is InChI=1S/C15H17NO2/c1-11-3-5-12(6-4-11)9-13-7-8-14(16(13)2)10-15(17)18/h3-8H,9-10H2,1-2H3,(H,17,18). The lowest BCUT2D eigenvalue weighted by molar-refractivity contribution is -0.136. The fraction of sp³-hybridized carbons (Fsp3) is 0.267. The second-order valence-electron chi connectivity index (χ2n) is 4.61. The number of nitrogens with zero attached hydrogens (tertiary/aromatic N) is 1. The molecule has 0 unspecified atom stereocenters. The third-order valence-corrected chi connectivity index (χ3v) is 3.17. The maximum absolute atomic E-state index is 10.7. The number of hydrogen-bond donors (Lipinski definition) is 1. The highest BCUT2D eigenvalue weighted by molar-refractivity contribution is 5.69. The van der Waals surface area contributed by atoms with Gasteiger partial charge in [0.2, 0.25) is 0 Å². The topological polar surface area (TPSA) is 42.2 Å². The predicted octanol–water partition coefficient (Wildman–Crippen LogP) is 2.55. The summed E-state index contributed by atoms with van der Waals surface area (Å²) in [6.07, 6.45) is 0.904. The number of carboxylic acid groups (broad SMARTS) is 1. The molecule has 0 bridgehead atoms. The van der Waals surface area contributed by atoms with E-state index in [0.29, 0.717) is 0 Å². The first kappa shape index (κ1) is 12.4. The molecule has 0 amide bonds. The summed E-state index contributed by atoms with van der Waals surface area (Å²) >= 11 is 0. The van der Waals surface area contributed by atoms with Crippen LogP contribution >= 0.6 is 0 Å². The zero-order chi connectivity index (χ0) is 13.1. The third-order valence-electron chi connectivity index (χ3n) is 3.17. The lowest BCUT2D eigenvalue weighted by Crippen LogP contribution is -2.07. The summed E-state index contributed by atoms with van der Waals surface area (Å²) in [5.41, 5.74) is 4.46. The smallest absolute Gasteiger partial charge is 0.309 e. The van der Waals surface area contributed by atoms with Gasteiger partial charge in [-0.25, -0.2) is 0 Å². The molecule has 0 fully saturated rings. The fourth-order valence-electron chi connectivity index (χ4n) is 2.03. The van der Waals surface area contributed by atoms with E-state index in [2.05, 4.69) is 31.2 Å². The molecule has 3 nitrogen and oxygen atoms in total. The van der Waals surface area contributed by atoms with Crippen molar-refractivity contribution in [2.24, 2.45) is 7.05 Å². The molecule has 0 aliphatic carbocycles. The van der Waals surface area contributed by atoms with E-state index in [4.69, 9.17) is 5.11 Å². The molecule has 2 aromatic rings. The van der Waals surface area contributed by atoms with E-state index in [9.17, 15) is 4.79 Å². The van der Waals surface area contributed by atoms with Crippen molar-refractivity contribution in [2.75, 3.05) is 0 Å². The number of aliphatic carboxylic acids is 1. The van der Waals surface area contributed by atoms with Crippen LogP contribution in [0.15, 0.2) is 36.4 Å². The first-order valence-electron chi connectivity index (χ1n) is 5.97. The number of carboxylic acids is 1. The van der Waals surface area contributed by atoms with Crippen LogP contribution in [0.4, 0.5) is 0 Å². The lowest BCUT2D eigenvalue weighted by Gasteiger charge is -2.07. The van der Waals surface area contributed by atoms with Gasteiger partial charge in [-0.15, -0.1) is 0 Å². The molecule has 1 N–H and O–H groups in total. The Morgan fingerprint density at radius 1 is 1.11 bits per heavy atom. The van der Waals surface area contributed by atoms with Gasteiger partial charge in [-0.05, 0) is 24.6 Å². The molecular weight excluding hydrogens is 226 g/mol. The first-order valence-corrected chi connectivity index (χ1v) is 5.97. The predicted molar refractivity (Wildman–Crippen MR) is 70.7 cm³/mol. The van der Waals surface area contributed by atoms with Crippen LogP contribution in [0, 0.1) is 6.92 Å². The van der Waals surface area contributed by atoms with Crippen molar-refractivity contribution in [2.45, 2.75) is 19.8 Å². The largest absolute Gasteiger partial charge is 0.481 e. The minimum absolute atomic E-state index is 0.0738. The molecular formula is C15H17NO2. The van der Waals surface area contributed by atoms with Crippen LogP contribution < -0.4 is 0 Å². The van der Waals surface area contributed by atoms with Crippen LogP contribution in [0.5, 0.6) is 0 Å². The van der Waals surface area contributed by atoms with Crippen LogP contribution in [0.3, 0.4) is 0 Å². The Balaban J connectivity index is 2.17. The average molecular weight is 243 g/mol. The summed E-state index contributed by atoms with van der Waals surface area (Å²) in [5.74, 6) is -0.793. The van der Waals surface area contributed by atoms with Crippen LogP contribution in [-0.4, -0.2) is 15.6 Å². The molecule has 0 aliphatic heterocycles. The lowest BCUT2D eigenvalue weighted by atomic mass is 10.1. The van der Waals surface area contributed by atoms with E-state index < -0.39 is 5.97 Å². The second-order valence-corrected chi connectivity index (χ2v) is 4.61. The number of aromatic nitrogens is 1. The van der Waals surface area contributed by atoms with Gasteiger partial charge in [-0.2, -0.15) is 0 Å². The normalized spacial score (nSPS) is 10.6. The highest BCUT2D eigenvalue weighted by atomic mass is 16.4. The Labute approximate surface area is 107 Å². The maximum atomic E-state index is 10.7. The van der Waals surface area contributed by atoms with Crippen molar-refractivity contribution in [1.29, 1.82) is 0 Å². The molecule has 0 radical (unpaired) electrons. The van der Waals surface area contributed by atoms with Gasteiger partial charge in [0.25, 0.3) is 0 Å². The fourth-order valence-corrected chi connectivity index (χ4v) is 2.03.